The number of nitrogens with zero attached hydrogens (tertiary/aromatic N) is 1. The summed E-state index contributed by atoms with van der Waals surface area (Å²) < 4.78 is 4.90. The SMILES string of the molecule is COC(=O)[C@@H]1N[C@H](c2ccc(Cl)cc2)[C@H]([N+](=O)[O-])[C@H]1c1cccc(C)c1. The van der Waals surface area contributed by atoms with E-state index in [1.807, 2.05) is 31.2 Å². The molecule has 0 amide bonds. The van der Waals surface area contributed by atoms with Crippen LogP contribution >= 0.6 is 11.6 Å². The van der Waals surface area contributed by atoms with Crippen molar-refractivity contribution in [3.63, 3.8) is 0 Å². The Morgan fingerprint density at radius 1 is 1.19 bits per heavy atom. The van der Waals surface area contributed by atoms with Crippen molar-refractivity contribution >= 4 is 17.6 Å². The summed E-state index contributed by atoms with van der Waals surface area (Å²) >= 11 is 5.93. The van der Waals surface area contributed by atoms with Crippen LogP contribution in [0.25, 0.3) is 0 Å². The van der Waals surface area contributed by atoms with E-state index in [4.69, 9.17) is 16.3 Å². The molecule has 1 aliphatic rings. The Balaban J connectivity index is 2.09. The maximum atomic E-state index is 12.4. The number of hydrogen-bond acceptors (Lipinski definition) is 5. The molecule has 1 fully saturated rings. The second-order valence-corrected chi connectivity index (χ2v) is 6.85. The van der Waals surface area contributed by atoms with E-state index in [1.165, 1.54) is 7.11 Å². The second-order valence-electron chi connectivity index (χ2n) is 6.41. The van der Waals surface area contributed by atoms with Gasteiger partial charge in [-0.3, -0.25) is 20.2 Å². The number of halogens is 1. The quantitative estimate of drug-likeness (QED) is 0.504. The number of benzene rings is 2. The molecule has 1 aliphatic heterocycles. The first kappa shape index (κ1) is 18.4. The highest BCUT2D eigenvalue weighted by Gasteiger charge is 2.54. The lowest BCUT2D eigenvalue weighted by Crippen LogP contribution is -2.37. The van der Waals surface area contributed by atoms with Crippen LogP contribution in [0.3, 0.4) is 0 Å². The van der Waals surface area contributed by atoms with Gasteiger partial charge in [-0.2, -0.15) is 0 Å². The van der Waals surface area contributed by atoms with Crippen LogP contribution in [-0.4, -0.2) is 30.1 Å². The average Bonchev–Trinajstić information content (AvgIpc) is 3.02. The Bertz CT molecular complexity index is 825. The highest BCUT2D eigenvalue weighted by Crippen LogP contribution is 2.40. The summed E-state index contributed by atoms with van der Waals surface area (Å²) in [5.41, 5.74) is 2.43. The molecule has 4 atom stereocenters. The first-order valence-corrected chi connectivity index (χ1v) is 8.59. The van der Waals surface area contributed by atoms with Gasteiger partial charge in [0.2, 0.25) is 6.04 Å². The van der Waals surface area contributed by atoms with Gasteiger partial charge in [0.25, 0.3) is 0 Å². The van der Waals surface area contributed by atoms with Gasteiger partial charge in [0.05, 0.1) is 13.0 Å². The Hall–Kier alpha value is -2.44. The van der Waals surface area contributed by atoms with Crippen molar-refractivity contribution < 1.29 is 14.5 Å². The first-order valence-electron chi connectivity index (χ1n) is 8.21. The average molecular weight is 375 g/mol. The number of carbonyl (C=O) groups excluding carboxylic acids is 1. The van der Waals surface area contributed by atoms with Gasteiger partial charge >= 0.3 is 5.97 Å². The topological polar surface area (TPSA) is 81.5 Å². The van der Waals surface area contributed by atoms with Crippen molar-refractivity contribution in [2.45, 2.75) is 31.0 Å². The highest BCUT2D eigenvalue weighted by molar-refractivity contribution is 6.30. The van der Waals surface area contributed by atoms with Gasteiger partial charge in [-0.25, -0.2) is 0 Å². The number of methoxy groups -OCH3 is 1. The van der Waals surface area contributed by atoms with E-state index >= 15 is 0 Å². The number of ether oxygens (including phenoxy) is 1. The summed E-state index contributed by atoms with van der Waals surface area (Å²) in [5, 5.41) is 15.6. The van der Waals surface area contributed by atoms with E-state index in [0.717, 1.165) is 11.1 Å². The van der Waals surface area contributed by atoms with E-state index in [0.29, 0.717) is 10.6 Å². The lowest BCUT2D eigenvalue weighted by molar-refractivity contribution is -0.527. The van der Waals surface area contributed by atoms with Crippen LogP contribution in [0.4, 0.5) is 0 Å². The maximum absolute atomic E-state index is 12.4. The second kappa shape index (κ2) is 7.43. The third-order valence-electron chi connectivity index (χ3n) is 4.78. The van der Waals surface area contributed by atoms with E-state index in [9.17, 15) is 14.9 Å². The van der Waals surface area contributed by atoms with Crippen molar-refractivity contribution in [1.29, 1.82) is 0 Å². The van der Waals surface area contributed by atoms with Gasteiger partial charge in [-0.1, -0.05) is 53.6 Å². The minimum atomic E-state index is -1.01. The van der Waals surface area contributed by atoms with Crippen LogP contribution < -0.4 is 5.32 Å². The Morgan fingerprint density at radius 2 is 1.88 bits per heavy atom. The molecule has 7 heteroatoms. The Morgan fingerprint density at radius 3 is 2.46 bits per heavy atom. The lowest BCUT2D eigenvalue weighted by atomic mass is 9.85. The fourth-order valence-corrected chi connectivity index (χ4v) is 3.75. The molecule has 2 aromatic rings. The smallest absolute Gasteiger partial charge is 0.323 e. The summed E-state index contributed by atoms with van der Waals surface area (Å²) in [4.78, 5) is 24.0. The Kier molecular flexibility index (Phi) is 5.25. The maximum Gasteiger partial charge on any atom is 0.323 e. The summed E-state index contributed by atoms with van der Waals surface area (Å²) in [7, 11) is 1.29. The minimum Gasteiger partial charge on any atom is -0.468 e. The third kappa shape index (κ3) is 3.43. The fraction of sp³-hybridized carbons (Fsp3) is 0.316. The fourth-order valence-electron chi connectivity index (χ4n) is 3.63. The zero-order valence-corrected chi connectivity index (χ0v) is 15.1. The van der Waals surface area contributed by atoms with Gasteiger partial charge in [0, 0.05) is 9.95 Å². The molecule has 0 unspecified atom stereocenters. The van der Waals surface area contributed by atoms with Crippen molar-refractivity contribution in [1.82, 2.24) is 5.32 Å². The molecular formula is C19H19ClN2O4. The molecule has 6 nitrogen and oxygen atoms in total. The Labute approximate surface area is 156 Å². The molecule has 3 rings (SSSR count). The predicted octanol–water partition coefficient (Wildman–Crippen LogP) is 3.26. The number of nitrogens with one attached hydrogen (secondary N) is 1. The predicted molar refractivity (Wildman–Crippen MR) is 97.8 cm³/mol. The molecule has 0 bridgehead atoms. The molecule has 1 heterocycles. The van der Waals surface area contributed by atoms with Crippen molar-refractivity contribution in [3.8, 4) is 0 Å². The molecular weight excluding hydrogens is 356 g/mol. The molecule has 1 saturated heterocycles. The summed E-state index contributed by atoms with van der Waals surface area (Å²) in [6.45, 7) is 1.91. The molecule has 0 saturated carbocycles. The van der Waals surface area contributed by atoms with Gasteiger partial charge in [-0.05, 0) is 30.2 Å². The summed E-state index contributed by atoms with van der Waals surface area (Å²) in [6.07, 6.45) is 0. The molecule has 0 aliphatic carbocycles. The van der Waals surface area contributed by atoms with Crippen molar-refractivity contribution in [2.75, 3.05) is 7.11 Å². The molecule has 2 aromatic carbocycles. The number of rotatable bonds is 4. The number of hydrogen-bond donors (Lipinski definition) is 1. The summed E-state index contributed by atoms with van der Waals surface area (Å²) in [5.74, 6) is -1.15. The number of aryl methyl sites for hydroxylation is 1. The number of carbonyl (C=O) groups is 1. The van der Waals surface area contributed by atoms with E-state index in [2.05, 4.69) is 5.32 Å². The van der Waals surface area contributed by atoms with E-state index < -0.39 is 30.0 Å². The number of nitro groups is 1. The van der Waals surface area contributed by atoms with Gasteiger partial charge in [-0.15, -0.1) is 0 Å². The van der Waals surface area contributed by atoms with E-state index in [1.54, 1.807) is 24.3 Å². The van der Waals surface area contributed by atoms with Crippen LogP contribution in [0.2, 0.25) is 5.02 Å². The lowest BCUT2D eigenvalue weighted by Gasteiger charge is -2.19. The normalized spacial score (nSPS) is 25.0. The summed E-state index contributed by atoms with van der Waals surface area (Å²) in [6, 6.07) is 11.8. The van der Waals surface area contributed by atoms with Gasteiger partial charge in [0.1, 0.15) is 12.1 Å². The monoisotopic (exact) mass is 374 g/mol. The van der Waals surface area contributed by atoms with Gasteiger partial charge < -0.3 is 4.74 Å². The van der Waals surface area contributed by atoms with Gasteiger partial charge in [0.15, 0.2) is 0 Å². The minimum absolute atomic E-state index is 0.317. The van der Waals surface area contributed by atoms with Crippen LogP contribution in [-0.2, 0) is 9.53 Å². The zero-order chi connectivity index (χ0) is 18.8. The van der Waals surface area contributed by atoms with Crippen molar-refractivity contribution in [2.24, 2.45) is 0 Å². The van der Waals surface area contributed by atoms with Crippen LogP contribution in [0.5, 0.6) is 0 Å². The van der Waals surface area contributed by atoms with Crippen LogP contribution in [0.1, 0.15) is 28.7 Å². The molecule has 0 aromatic heterocycles. The van der Waals surface area contributed by atoms with Crippen molar-refractivity contribution in [3.05, 3.63) is 80.4 Å². The van der Waals surface area contributed by atoms with Crippen LogP contribution in [0, 0.1) is 17.0 Å². The first-order chi connectivity index (χ1) is 12.4. The zero-order valence-electron chi connectivity index (χ0n) is 14.4. The largest absolute Gasteiger partial charge is 0.468 e. The van der Waals surface area contributed by atoms with E-state index in [-0.39, 0.29) is 4.92 Å². The van der Waals surface area contributed by atoms with Crippen LogP contribution in [0.15, 0.2) is 48.5 Å². The highest BCUT2D eigenvalue weighted by atomic mass is 35.5. The molecule has 0 spiro atoms. The molecule has 26 heavy (non-hydrogen) atoms. The molecule has 136 valence electrons. The standard InChI is InChI=1S/C19H19ClN2O4/c1-11-4-3-5-13(10-11)15-17(19(23)26-2)21-16(18(15)22(24)25)12-6-8-14(20)9-7-12/h3-10,15-18,21H,1-2H3/t15-,16+,17+,18+/m0/s1. The number of esters is 1. The third-order valence-corrected chi connectivity index (χ3v) is 5.03. The molecule has 1 N–H and O–H groups in total. The molecule has 0 radical (unpaired) electrons.